The first-order valence-electron chi connectivity index (χ1n) is 6.52. The van der Waals surface area contributed by atoms with E-state index in [0.717, 1.165) is 24.3 Å². The summed E-state index contributed by atoms with van der Waals surface area (Å²) in [4.78, 5) is 0. The van der Waals surface area contributed by atoms with Gasteiger partial charge in [-0.25, -0.2) is 0 Å². The molecule has 1 N–H and O–H groups in total. The molecule has 96 valence electrons. The molecule has 1 aromatic heterocycles. The van der Waals surface area contributed by atoms with Gasteiger partial charge in [0.2, 0.25) is 0 Å². The van der Waals surface area contributed by atoms with Crippen LogP contribution in [-0.4, -0.2) is 16.3 Å². The third kappa shape index (κ3) is 2.92. The Hall–Kier alpha value is -1.77. The van der Waals surface area contributed by atoms with E-state index in [2.05, 4.69) is 60.8 Å². The van der Waals surface area contributed by atoms with Gasteiger partial charge in [0.1, 0.15) is 0 Å². The third-order valence-corrected chi connectivity index (χ3v) is 3.21. The zero-order valence-corrected chi connectivity index (χ0v) is 11.4. The number of rotatable bonds is 5. The van der Waals surface area contributed by atoms with Crippen LogP contribution >= 0.6 is 0 Å². The second-order valence-corrected chi connectivity index (χ2v) is 4.71. The van der Waals surface area contributed by atoms with E-state index >= 15 is 0 Å². The first-order chi connectivity index (χ1) is 8.70. The summed E-state index contributed by atoms with van der Waals surface area (Å²) in [7, 11) is 1.96. The number of hydrogen-bond acceptors (Lipinski definition) is 2. The van der Waals surface area contributed by atoms with Gasteiger partial charge in [0.05, 0.1) is 11.4 Å². The van der Waals surface area contributed by atoms with Crippen molar-refractivity contribution in [1.82, 2.24) is 9.78 Å². The van der Waals surface area contributed by atoms with Gasteiger partial charge in [0.25, 0.3) is 0 Å². The summed E-state index contributed by atoms with van der Waals surface area (Å²) in [6.45, 7) is 5.31. The molecule has 0 aliphatic heterocycles. The molecule has 1 aromatic carbocycles. The number of hydrogen-bond donors (Lipinski definition) is 1. The molecular weight excluding hydrogens is 222 g/mol. The molecule has 0 amide bonds. The molecule has 1 unspecified atom stereocenters. The van der Waals surface area contributed by atoms with Crippen LogP contribution in [0.1, 0.15) is 31.0 Å². The molecule has 3 heteroatoms. The Morgan fingerprint density at radius 2 is 2.00 bits per heavy atom. The SMILES string of the molecule is CCc1nn(C)cc1NCC(C)c1ccccc1. The number of aromatic nitrogens is 2. The molecule has 0 saturated carbocycles. The summed E-state index contributed by atoms with van der Waals surface area (Å²) in [5, 5.41) is 7.93. The molecule has 1 heterocycles. The van der Waals surface area contributed by atoms with Gasteiger partial charge >= 0.3 is 0 Å². The van der Waals surface area contributed by atoms with Crippen molar-refractivity contribution in [3.05, 3.63) is 47.8 Å². The Labute approximate surface area is 109 Å². The first kappa shape index (κ1) is 12.7. The average molecular weight is 243 g/mol. The lowest BCUT2D eigenvalue weighted by molar-refractivity contribution is 0.746. The molecule has 2 rings (SSSR count). The molecule has 0 spiro atoms. The maximum Gasteiger partial charge on any atom is 0.0853 e. The van der Waals surface area contributed by atoms with E-state index in [4.69, 9.17) is 0 Å². The predicted octanol–water partition coefficient (Wildman–Crippen LogP) is 3.20. The maximum absolute atomic E-state index is 4.43. The minimum absolute atomic E-state index is 0.496. The summed E-state index contributed by atoms with van der Waals surface area (Å²) in [5.74, 6) is 0.496. The highest BCUT2D eigenvalue weighted by Crippen LogP contribution is 2.18. The molecule has 0 fully saturated rings. The van der Waals surface area contributed by atoms with E-state index in [1.54, 1.807) is 0 Å². The van der Waals surface area contributed by atoms with E-state index in [-0.39, 0.29) is 0 Å². The monoisotopic (exact) mass is 243 g/mol. The van der Waals surface area contributed by atoms with Crippen molar-refractivity contribution in [2.75, 3.05) is 11.9 Å². The Balaban J connectivity index is 1.99. The van der Waals surface area contributed by atoms with Crippen LogP contribution in [0.3, 0.4) is 0 Å². The quantitative estimate of drug-likeness (QED) is 0.874. The van der Waals surface area contributed by atoms with Crippen molar-refractivity contribution in [3.63, 3.8) is 0 Å². The summed E-state index contributed by atoms with van der Waals surface area (Å²) in [6.07, 6.45) is 3.01. The summed E-state index contributed by atoms with van der Waals surface area (Å²) in [6, 6.07) is 10.6. The van der Waals surface area contributed by atoms with E-state index in [1.807, 2.05) is 11.7 Å². The van der Waals surface area contributed by atoms with Gasteiger partial charge in [-0.15, -0.1) is 0 Å². The highest BCUT2D eigenvalue weighted by molar-refractivity contribution is 5.46. The Morgan fingerprint density at radius 3 is 2.67 bits per heavy atom. The maximum atomic E-state index is 4.43. The van der Waals surface area contributed by atoms with Gasteiger partial charge < -0.3 is 5.32 Å². The van der Waals surface area contributed by atoms with Crippen LogP contribution in [0.15, 0.2) is 36.5 Å². The van der Waals surface area contributed by atoms with Crippen LogP contribution in [0.25, 0.3) is 0 Å². The number of anilines is 1. The Bertz CT molecular complexity index is 488. The lowest BCUT2D eigenvalue weighted by Gasteiger charge is -2.13. The Morgan fingerprint density at radius 1 is 1.28 bits per heavy atom. The van der Waals surface area contributed by atoms with Crippen LogP contribution in [0.5, 0.6) is 0 Å². The van der Waals surface area contributed by atoms with Crippen LogP contribution in [0.4, 0.5) is 5.69 Å². The van der Waals surface area contributed by atoms with Gasteiger partial charge in [0.15, 0.2) is 0 Å². The van der Waals surface area contributed by atoms with Crippen molar-refractivity contribution >= 4 is 5.69 Å². The van der Waals surface area contributed by atoms with Crippen molar-refractivity contribution in [3.8, 4) is 0 Å². The van der Waals surface area contributed by atoms with Crippen molar-refractivity contribution < 1.29 is 0 Å². The topological polar surface area (TPSA) is 29.9 Å². The van der Waals surface area contributed by atoms with E-state index in [9.17, 15) is 0 Å². The number of aryl methyl sites for hydroxylation is 2. The minimum Gasteiger partial charge on any atom is -0.382 e. The molecule has 0 saturated heterocycles. The zero-order chi connectivity index (χ0) is 13.0. The number of nitrogens with one attached hydrogen (secondary N) is 1. The average Bonchev–Trinajstić information content (AvgIpc) is 2.77. The summed E-state index contributed by atoms with van der Waals surface area (Å²) < 4.78 is 1.87. The molecule has 1 atom stereocenters. The predicted molar refractivity (Wildman–Crippen MR) is 75.9 cm³/mol. The van der Waals surface area contributed by atoms with Gasteiger partial charge in [-0.05, 0) is 17.9 Å². The minimum atomic E-state index is 0.496. The molecule has 18 heavy (non-hydrogen) atoms. The summed E-state index contributed by atoms with van der Waals surface area (Å²) >= 11 is 0. The van der Waals surface area contributed by atoms with Gasteiger partial charge in [0, 0.05) is 19.8 Å². The molecule has 0 bridgehead atoms. The van der Waals surface area contributed by atoms with E-state index in [0.29, 0.717) is 5.92 Å². The van der Waals surface area contributed by atoms with Crippen LogP contribution in [0.2, 0.25) is 0 Å². The fourth-order valence-corrected chi connectivity index (χ4v) is 2.11. The lowest BCUT2D eigenvalue weighted by atomic mass is 10.0. The fourth-order valence-electron chi connectivity index (χ4n) is 2.11. The first-order valence-corrected chi connectivity index (χ1v) is 6.52. The van der Waals surface area contributed by atoms with E-state index < -0.39 is 0 Å². The van der Waals surface area contributed by atoms with Gasteiger partial charge in [-0.1, -0.05) is 44.2 Å². The third-order valence-electron chi connectivity index (χ3n) is 3.21. The number of nitrogens with zero attached hydrogens (tertiary/aromatic N) is 2. The molecule has 2 aromatic rings. The normalized spacial score (nSPS) is 12.4. The largest absolute Gasteiger partial charge is 0.382 e. The second-order valence-electron chi connectivity index (χ2n) is 4.71. The number of benzene rings is 1. The van der Waals surface area contributed by atoms with Crippen LogP contribution in [0, 0.1) is 0 Å². The fraction of sp³-hybridized carbons (Fsp3) is 0.400. The van der Waals surface area contributed by atoms with Crippen molar-refractivity contribution in [1.29, 1.82) is 0 Å². The highest BCUT2D eigenvalue weighted by Gasteiger charge is 2.08. The van der Waals surface area contributed by atoms with Gasteiger partial charge in [-0.3, -0.25) is 4.68 Å². The standard InChI is InChI=1S/C15H21N3/c1-4-14-15(11-18(3)17-14)16-10-12(2)13-8-6-5-7-9-13/h5-9,11-12,16H,4,10H2,1-3H3. The Kier molecular flexibility index (Phi) is 4.03. The molecule has 0 aliphatic rings. The van der Waals surface area contributed by atoms with Crippen LogP contribution < -0.4 is 5.32 Å². The zero-order valence-electron chi connectivity index (χ0n) is 11.4. The summed E-state index contributed by atoms with van der Waals surface area (Å²) in [5.41, 5.74) is 3.66. The molecule has 0 aliphatic carbocycles. The highest BCUT2D eigenvalue weighted by atomic mass is 15.3. The molecule has 3 nitrogen and oxygen atoms in total. The molecule has 0 radical (unpaired) electrons. The van der Waals surface area contributed by atoms with Crippen molar-refractivity contribution in [2.45, 2.75) is 26.2 Å². The lowest BCUT2D eigenvalue weighted by Crippen LogP contribution is -2.10. The molecular formula is C15H21N3. The van der Waals surface area contributed by atoms with Crippen LogP contribution in [-0.2, 0) is 13.5 Å². The smallest absolute Gasteiger partial charge is 0.0853 e. The van der Waals surface area contributed by atoms with Crippen molar-refractivity contribution in [2.24, 2.45) is 7.05 Å². The second kappa shape index (κ2) is 5.71. The van der Waals surface area contributed by atoms with Gasteiger partial charge in [-0.2, -0.15) is 5.10 Å². The van der Waals surface area contributed by atoms with E-state index in [1.165, 1.54) is 5.56 Å².